The molecule has 6 heteroatoms. The zero-order chi connectivity index (χ0) is 18.5. The number of carbonyl (C=O) groups excluding carboxylic acids is 2. The summed E-state index contributed by atoms with van der Waals surface area (Å²) in [5, 5.41) is 5.58. The van der Waals surface area contributed by atoms with Crippen molar-refractivity contribution in [3.63, 3.8) is 0 Å². The second-order valence-electron chi connectivity index (χ2n) is 5.74. The highest BCUT2D eigenvalue weighted by Crippen LogP contribution is 2.28. The fourth-order valence-corrected chi connectivity index (χ4v) is 3.39. The minimum Gasteiger partial charge on any atom is -0.347 e. The van der Waals surface area contributed by atoms with Gasteiger partial charge in [0.1, 0.15) is 5.82 Å². The monoisotopic (exact) mass is 368 g/mol. The fourth-order valence-electron chi connectivity index (χ4n) is 2.46. The summed E-state index contributed by atoms with van der Waals surface area (Å²) in [5.74, 6) is -0.601. The molecule has 2 amide bonds. The molecule has 0 unspecified atom stereocenters. The van der Waals surface area contributed by atoms with Gasteiger partial charge in [-0.3, -0.25) is 9.59 Å². The number of nitrogens with one attached hydrogen (secondary N) is 2. The van der Waals surface area contributed by atoms with Crippen LogP contribution in [0.1, 0.15) is 22.2 Å². The number of carbonyl (C=O) groups is 2. The first kappa shape index (κ1) is 17.8. The molecular weight excluding hydrogens is 351 g/mol. The van der Waals surface area contributed by atoms with E-state index in [1.807, 2.05) is 24.3 Å². The average molecular weight is 368 g/mol. The lowest BCUT2D eigenvalue weighted by atomic mass is 10.2. The fraction of sp³-hybridized carbons (Fsp3) is 0.100. The third-order valence-electron chi connectivity index (χ3n) is 3.66. The van der Waals surface area contributed by atoms with Crippen molar-refractivity contribution in [2.24, 2.45) is 0 Å². The number of anilines is 1. The van der Waals surface area contributed by atoms with E-state index in [1.54, 1.807) is 24.3 Å². The molecule has 132 valence electrons. The molecule has 0 spiro atoms. The molecule has 0 atom stereocenters. The van der Waals surface area contributed by atoms with Gasteiger partial charge in [0.2, 0.25) is 5.91 Å². The summed E-state index contributed by atoms with van der Waals surface area (Å²) >= 11 is 1.36. The molecule has 0 aliphatic carbocycles. The highest BCUT2D eigenvalue weighted by Gasteiger charge is 2.10. The molecule has 2 aromatic carbocycles. The first-order valence-corrected chi connectivity index (χ1v) is 8.83. The summed E-state index contributed by atoms with van der Waals surface area (Å²) in [4.78, 5) is 25.0. The van der Waals surface area contributed by atoms with Gasteiger partial charge in [0, 0.05) is 24.0 Å². The van der Waals surface area contributed by atoms with Gasteiger partial charge in [0.15, 0.2) is 0 Å². The Morgan fingerprint density at radius 1 is 1.04 bits per heavy atom. The van der Waals surface area contributed by atoms with E-state index >= 15 is 0 Å². The predicted molar refractivity (Wildman–Crippen MR) is 102 cm³/mol. The quantitative estimate of drug-likeness (QED) is 0.699. The van der Waals surface area contributed by atoms with Gasteiger partial charge >= 0.3 is 0 Å². The summed E-state index contributed by atoms with van der Waals surface area (Å²) in [6, 6.07) is 17.1. The van der Waals surface area contributed by atoms with Crippen molar-refractivity contribution in [3.8, 4) is 10.4 Å². The van der Waals surface area contributed by atoms with Gasteiger partial charge < -0.3 is 10.6 Å². The molecule has 0 aliphatic heterocycles. The molecular formula is C20H17FN2O2S. The second-order valence-corrected chi connectivity index (χ2v) is 6.82. The number of benzene rings is 2. The van der Waals surface area contributed by atoms with E-state index in [4.69, 9.17) is 0 Å². The van der Waals surface area contributed by atoms with E-state index < -0.39 is 0 Å². The molecule has 0 saturated carbocycles. The smallest absolute Gasteiger partial charge is 0.261 e. The maximum atomic E-state index is 13.0. The van der Waals surface area contributed by atoms with E-state index in [1.165, 1.54) is 30.4 Å². The zero-order valence-electron chi connectivity index (χ0n) is 14.1. The standard InChI is InChI=1S/C20H17FN2O2S/c1-13(24)23-17-4-2-3-14(11-17)12-22-20(25)19-10-9-18(26-19)15-5-7-16(21)8-6-15/h2-11H,12H2,1H3,(H,22,25)(H,23,24). The molecule has 4 nitrogen and oxygen atoms in total. The number of hydrogen-bond donors (Lipinski definition) is 2. The number of thiophene rings is 1. The summed E-state index contributed by atoms with van der Waals surface area (Å²) in [6.45, 7) is 1.81. The van der Waals surface area contributed by atoms with Crippen molar-refractivity contribution in [2.45, 2.75) is 13.5 Å². The van der Waals surface area contributed by atoms with Gasteiger partial charge in [-0.1, -0.05) is 24.3 Å². The Hall–Kier alpha value is -2.99. The van der Waals surface area contributed by atoms with Crippen LogP contribution < -0.4 is 10.6 Å². The third kappa shape index (κ3) is 4.55. The minimum absolute atomic E-state index is 0.141. The molecule has 1 aromatic heterocycles. The van der Waals surface area contributed by atoms with Crippen LogP contribution in [0.4, 0.5) is 10.1 Å². The number of amides is 2. The lowest BCUT2D eigenvalue weighted by Crippen LogP contribution is -2.21. The molecule has 3 aromatic rings. The Morgan fingerprint density at radius 2 is 1.81 bits per heavy atom. The molecule has 0 aliphatic rings. The van der Waals surface area contributed by atoms with Gasteiger partial charge in [-0.25, -0.2) is 4.39 Å². The van der Waals surface area contributed by atoms with Crippen molar-refractivity contribution in [1.29, 1.82) is 0 Å². The maximum Gasteiger partial charge on any atom is 0.261 e. The highest BCUT2D eigenvalue weighted by atomic mass is 32.1. The van der Waals surface area contributed by atoms with Crippen LogP contribution in [0.25, 0.3) is 10.4 Å². The van der Waals surface area contributed by atoms with Crippen LogP contribution in [-0.2, 0) is 11.3 Å². The molecule has 0 saturated heterocycles. The van der Waals surface area contributed by atoms with Crippen LogP contribution in [-0.4, -0.2) is 11.8 Å². The van der Waals surface area contributed by atoms with E-state index in [-0.39, 0.29) is 17.6 Å². The van der Waals surface area contributed by atoms with Crippen LogP contribution in [0, 0.1) is 5.82 Å². The summed E-state index contributed by atoms with van der Waals surface area (Å²) in [5.41, 5.74) is 2.46. The summed E-state index contributed by atoms with van der Waals surface area (Å²) in [6.07, 6.45) is 0. The third-order valence-corrected chi connectivity index (χ3v) is 4.79. The molecule has 2 N–H and O–H groups in total. The Bertz CT molecular complexity index is 935. The van der Waals surface area contributed by atoms with E-state index in [0.29, 0.717) is 17.1 Å². The second kappa shape index (κ2) is 7.93. The highest BCUT2D eigenvalue weighted by molar-refractivity contribution is 7.17. The van der Waals surface area contributed by atoms with Crippen molar-refractivity contribution in [2.75, 3.05) is 5.32 Å². The molecule has 3 rings (SSSR count). The summed E-state index contributed by atoms with van der Waals surface area (Å²) < 4.78 is 13.0. The topological polar surface area (TPSA) is 58.2 Å². The molecule has 26 heavy (non-hydrogen) atoms. The van der Waals surface area contributed by atoms with E-state index in [0.717, 1.165) is 16.0 Å². The minimum atomic E-state index is -0.287. The van der Waals surface area contributed by atoms with Crippen LogP contribution in [0.15, 0.2) is 60.7 Å². The Balaban J connectivity index is 1.64. The largest absolute Gasteiger partial charge is 0.347 e. The van der Waals surface area contributed by atoms with Gasteiger partial charge in [0.05, 0.1) is 4.88 Å². The van der Waals surface area contributed by atoms with Crippen molar-refractivity contribution >= 4 is 28.8 Å². The van der Waals surface area contributed by atoms with Gasteiger partial charge in [-0.15, -0.1) is 11.3 Å². The maximum absolute atomic E-state index is 13.0. The lowest BCUT2D eigenvalue weighted by molar-refractivity contribution is -0.114. The first-order valence-electron chi connectivity index (χ1n) is 8.02. The van der Waals surface area contributed by atoms with E-state index in [9.17, 15) is 14.0 Å². The van der Waals surface area contributed by atoms with Crippen LogP contribution in [0.2, 0.25) is 0 Å². The van der Waals surface area contributed by atoms with Crippen LogP contribution in [0.3, 0.4) is 0 Å². The summed E-state index contributed by atoms with van der Waals surface area (Å²) in [7, 11) is 0. The molecule has 0 radical (unpaired) electrons. The Morgan fingerprint density at radius 3 is 2.54 bits per heavy atom. The van der Waals surface area contributed by atoms with Crippen LogP contribution in [0.5, 0.6) is 0 Å². The molecule has 1 heterocycles. The van der Waals surface area contributed by atoms with Crippen molar-refractivity contribution in [3.05, 3.63) is 76.9 Å². The number of rotatable bonds is 5. The Labute approximate surface area is 154 Å². The van der Waals surface area contributed by atoms with Gasteiger partial charge in [-0.05, 0) is 47.5 Å². The lowest BCUT2D eigenvalue weighted by Gasteiger charge is -2.07. The first-order chi connectivity index (χ1) is 12.5. The number of halogens is 1. The van der Waals surface area contributed by atoms with E-state index in [2.05, 4.69) is 10.6 Å². The number of hydrogen-bond acceptors (Lipinski definition) is 3. The van der Waals surface area contributed by atoms with Gasteiger partial charge in [-0.2, -0.15) is 0 Å². The van der Waals surface area contributed by atoms with Crippen molar-refractivity contribution in [1.82, 2.24) is 5.32 Å². The normalized spacial score (nSPS) is 10.4. The molecule has 0 fully saturated rings. The Kier molecular flexibility index (Phi) is 5.43. The van der Waals surface area contributed by atoms with Crippen LogP contribution >= 0.6 is 11.3 Å². The van der Waals surface area contributed by atoms with Gasteiger partial charge in [0.25, 0.3) is 5.91 Å². The predicted octanol–water partition coefficient (Wildman–Crippen LogP) is 4.44. The average Bonchev–Trinajstić information content (AvgIpc) is 3.10. The molecule has 0 bridgehead atoms. The zero-order valence-corrected chi connectivity index (χ0v) is 14.9. The van der Waals surface area contributed by atoms with Crippen molar-refractivity contribution < 1.29 is 14.0 Å². The SMILES string of the molecule is CC(=O)Nc1cccc(CNC(=O)c2ccc(-c3ccc(F)cc3)s2)c1.